The fraction of sp³-hybridized carbons (Fsp3) is 1.00. The van der Waals surface area contributed by atoms with E-state index in [1.165, 1.54) is 64.3 Å². The maximum Gasteiger partial charge on any atom is 0.00413 e. The highest BCUT2D eigenvalue weighted by molar-refractivity contribution is 4.75. The Morgan fingerprint density at radius 2 is 1.67 bits per heavy atom. The molecule has 2 aliphatic carbocycles. The Labute approximate surface area is 95.0 Å². The van der Waals surface area contributed by atoms with Crippen molar-refractivity contribution in [1.29, 1.82) is 0 Å². The van der Waals surface area contributed by atoms with E-state index in [1.54, 1.807) is 0 Å². The molecular weight excluding hydrogens is 182 g/mol. The van der Waals surface area contributed by atoms with Crippen LogP contribution in [0, 0.1) is 11.8 Å². The number of hydrogen-bond donors (Lipinski definition) is 1. The van der Waals surface area contributed by atoms with E-state index in [2.05, 4.69) is 12.2 Å². The van der Waals surface area contributed by atoms with Crippen LogP contribution in [0.15, 0.2) is 0 Å². The summed E-state index contributed by atoms with van der Waals surface area (Å²) < 4.78 is 0. The van der Waals surface area contributed by atoms with Gasteiger partial charge >= 0.3 is 0 Å². The highest BCUT2D eigenvalue weighted by Gasteiger charge is 2.20. The summed E-state index contributed by atoms with van der Waals surface area (Å²) in [6, 6.07) is 0.761. The van der Waals surface area contributed by atoms with Gasteiger partial charge in [0, 0.05) is 6.04 Å². The highest BCUT2D eigenvalue weighted by atomic mass is 14.9. The molecule has 1 N–H and O–H groups in total. The summed E-state index contributed by atoms with van der Waals surface area (Å²) in [5.74, 6) is 2.10. The summed E-state index contributed by atoms with van der Waals surface area (Å²) in [5, 5.41) is 3.71. The molecule has 0 saturated heterocycles. The van der Waals surface area contributed by atoms with E-state index in [-0.39, 0.29) is 0 Å². The Morgan fingerprint density at radius 1 is 1.00 bits per heavy atom. The smallest absolute Gasteiger partial charge is 0.00413 e. The molecule has 0 aromatic rings. The van der Waals surface area contributed by atoms with Crippen LogP contribution < -0.4 is 5.32 Å². The molecule has 0 aliphatic heterocycles. The molecule has 2 rings (SSSR count). The molecule has 15 heavy (non-hydrogen) atoms. The fourth-order valence-corrected chi connectivity index (χ4v) is 3.14. The Bertz CT molecular complexity index is 168. The first-order valence-electron chi connectivity index (χ1n) is 7.08. The molecule has 0 amide bonds. The van der Waals surface area contributed by atoms with Gasteiger partial charge in [-0.05, 0) is 38.1 Å². The molecule has 2 aliphatic rings. The Balaban J connectivity index is 1.48. The maximum atomic E-state index is 3.71. The second kappa shape index (κ2) is 5.89. The summed E-state index contributed by atoms with van der Waals surface area (Å²) >= 11 is 0. The second-order valence-electron chi connectivity index (χ2n) is 5.83. The zero-order valence-electron chi connectivity index (χ0n) is 10.3. The minimum Gasteiger partial charge on any atom is -0.314 e. The van der Waals surface area contributed by atoms with Crippen molar-refractivity contribution < 1.29 is 0 Å². The van der Waals surface area contributed by atoms with Crippen LogP contribution in [0.1, 0.15) is 64.7 Å². The SMILES string of the molecule is CC(CC1CCC1)NCCC1CCCC1. The van der Waals surface area contributed by atoms with E-state index in [4.69, 9.17) is 0 Å². The van der Waals surface area contributed by atoms with E-state index in [9.17, 15) is 0 Å². The van der Waals surface area contributed by atoms with Gasteiger partial charge in [0.1, 0.15) is 0 Å². The van der Waals surface area contributed by atoms with E-state index >= 15 is 0 Å². The molecule has 1 heteroatoms. The van der Waals surface area contributed by atoms with Crippen LogP contribution in [-0.2, 0) is 0 Å². The molecule has 1 nitrogen and oxygen atoms in total. The third kappa shape index (κ3) is 3.79. The molecule has 2 saturated carbocycles. The molecule has 0 aromatic heterocycles. The van der Waals surface area contributed by atoms with Crippen LogP contribution in [-0.4, -0.2) is 12.6 Å². The highest BCUT2D eigenvalue weighted by Crippen LogP contribution is 2.30. The topological polar surface area (TPSA) is 12.0 Å². The Kier molecular flexibility index (Phi) is 4.49. The van der Waals surface area contributed by atoms with E-state index < -0.39 is 0 Å². The first-order chi connectivity index (χ1) is 7.34. The summed E-state index contributed by atoms with van der Waals surface area (Å²) in [7, 11) is 0. The monoisotopic (exact) mass is 209 g/mol. The van der Waals surface area contributed by atoms with E-state index in [0.29, 0.717) is 0 Å². The normalized spacial score (nSPS) is 25.4. The third-order valence-electron chi connectivity index (χ3n) is 4.43. The van der Waals surface area contributed by atoms with Gasteiger partial charge in [0.15, 0.2) is 0 Å². The maximum absolute atomic E-state index is 3.71. The van der Waals surface area contributed by atoms with Crippen molar-refractivity contribution in [1.82, 2.24) is 5.32 Å². The summed E-state index contributed by atoms with van der Waals surface area (Å²) in [4.78, 5) is 0. The average molecular weight is 209 g/mol. The Morgan fingerprint density at radius 3 is 2.27 bits per heavy atom. The molecule has 0 bridgehead atoms. The molecule has 1 unspecified atom stereocenters. The van der Waals surface area contributed by atoms with E-state index in [0.717, 1.165) is 17.9 Å². The van der Waals surface area contributed by atoms with Crippen molar-refractivity contribution in [2.75, 3.05) is 6.54 Å². The molecular formula is C14H27N. The quantitative estimate of drug-likeness (QED) is 0.703. The number of nitrogens with one attached hydrogen (secondary N) is 1. The predicted octanol–water partition coefficient (Wildman–Crippen LogP) is 3.74. The third-order valence-corrected chi connectivity index (χ3v) is 4.43. The van der Waals surface area contributed by atoms with Crippen molar-refractivity contribution in [2.45, 2.75) is 70.8 Å². The fourth-order valence-electron chi connectivity index (χ4n) is 3.14. The van der Waals surface area contributed by atoms with Gasteiger partial charge in [-0.15, -0.1) is 0 Å². The molecule has 0 spiro atoms. The molecule has 1 atom stereocenters. The lowest BCUT2D eigenvalue weighted by Crippen LogP contribution is -2.31. The van der Waals surface area contributed by atoms with Crippen LogP contribution in [0.4, 0.5) is 0 Å². The first-order valence-corrected chi connectivity index (χ1v) is 7.08. The average Bonchev–Trinajstić information content (AvgIpc) is 2.64. The molecule has 88 valence electrons. The van der Waals surface area contributed by atoms with Crippen LogP contribution in [0.3, 0.4) is 0 Å². The molecule has 0 aromatic carbocycles. The van der Waals surface area contributed by atoms with Crippen molar-refractivity contribution >= 4 is 0 Å². The molecule has 2 fully saturated rings. The minimum absolute atomic E-state index is 0.761. The number of hydrogen-bond acceptors (Lipinski definition) is 1. The lowest BCUT2D eigenvalue weighted by atomic mass is 9.81. The van der Waals surface area contributed by atoms with Gasteiger partial charge in [0.2, 0.25) is 0 Å². The summed E-state index contributed by atoms with van der Waals surface area (Å²) in [6.45, 7) is 3.63. The van der Waals surface area contributed by atoms with Gasteiger partial charge in [0.05, 0.1) is 0 Å². The van der Waals surface area contributed by atoms with Gasteiger partial charge in [-0.1, -0.05) is 44.9 Å². The lowest BCUT2D eigenvalue weighted by Gasteiger charge is -2.28. The summed E-state index contributed by atoms with van der Waals surface area (Å²) in [6.07, 6.45) is 13.3. The number of rotatable bonds is 6. The standard InChI is InChI=1S/C14H27N/c1-12(11-14-7-4-8-14)15-10-9-13-5-2-3-6-13/h12-15H,2-11H2,1H3. The van der Waals surface area contributed by atoms with Gasteiger partial charge in [-0.25, -0.2) is 0 Å². The van der Waals surface area contributed by atoms with Gasteiger partial charge in [0.25, 0.3) is 0 Å². The zero-order valence-corrected chi connectivity index (χ0v) is 10.3. The van der Waals surface area contributed by atoms with E-state index in [1.807, 2.05) is 0 Å². The molecule has 0 radical (unpaired) electrons. The van der Waals surface area contributed by atoms with Crippen molar-refractivity contribution in [3.8, 4) is 0 Å². The van der Waals surface area contributed by atoms with Gasteiger partial charge in [-0.3, -0.25) is 0 Å². The summed E-state index contributed by atoms with van der Waals surface area (Å²) in [5.41, 5.74) is 0. The second-order valence-corrected chi connectivity index (χ2v) is 5.83. The van der Waals surface area contributed by atoms with Crippen LogP contribution in [0.2, 0.25) is 0 Å². The van der Waals surface area contributed by atoms with Crippen LogP contribution in [0.25, 0.3) is 0 Å². The first kappa shape index (κ1) is 11.4. The van der Waals surface area contributed by atoms with Crippen molar-refractivity contribution in [3.05, 3.63) is 0 Å². The van der Waals surface area contributed by atoms with Crippen LogP contribution in [0.5, 0.6) is 0 Å². The zero-order chi connectivity index (χ0) is 10.5. The van der Waals surface area contributed by atoms with Crippen LogP contribution >= 0.6 is 0 Å². The van der Waals surface area contributed by atoms with Crippen molar-refractivity contribution in [3.63, 3.8) is 0 Å². The largest absolute Gasteiger partial charge is 0.314 e. The van der Waals surface area contributed by atoms with Gasteiger partial charge < -0.3 is 5.32 Å². The lowest BCUT2D eigenvalue weighted by molar-refractivity contribution is 0.264. The molecule has 0 heterocycles. The Hall–Kier alpha value is -0.0400. The van der Waals surface area contributed by atoms with Gasteiger partial charge in [-0.2, -0.15) is 0 Å². The van der Waals surface area contributed by atoms with Crippen molar-refractivity contribution in [2.24, 2.45) is 11.8 Å². The predicted molar refractivity (Wildman–Crippen MR) is 66.0 cm³/mol. The minimum atomic E-state index is 0.761.